The van der Waals surface area contributed by atoms with Crippen LogP contribution in [0, 0.1) is 0 Å². The van der Waals surface area contributed by atoms with Crippen molar-refractivity contribution in [3.8, 4) is 11.5 Å². The summed E-state index contributed by atoms with van der Waals surface area (Å²) in [4.78, 5) is 2.12. The molecule has 0 bridgehead atoms. The van der Waals surface area contributed by atoms with Crippen molar-refractivity contribution in [3.63, 3.8) is 0 Å². The van der Waals surface area contributed by atoms with Gasteiger partial charge >= 0.3 is 0 Å². The Hall–Kier alpha value is -1.34. The van der Waals surface area contributed by atoms with E-state index in [0.29, 0.717) is 38.6 Å². The van der Waals surface area contributed by atoms with Crippen molar-refractivity contribution in [1.29, 1.82) is 0 Å². The summed E-state index contributed by atoms with van der Waals surface area (Å²) in [5.74, 6) is 1.42. The molecule has 1 aromatic carbocycles. The van der Waals surface area contributed by atoms with Gasteiger partial charge in [0.2, 0.25) is 0 Å². The minimum Gasteiger partial charge on any atom is -0.493 e. The normalized spacial score (nSPS) is 12.7. The summed E-state index contributed by atoms with van der Waals surface area (Å²) < 4.78 is 21.5. The van der Waals surface area contributed by atoms with E-state index in [9.17, 15) is 5.11 Å². The molecule has 0 saturated carbocycles. The second-order valence-electron chi connectivity index (χ2n) is 5.92. The van der Waals surface area contributed by atoms with Crippen molar-refractivity contribution >= 4 is 0 Å². The first-order valence-corrected chi connectivity index (χ1v) is 8.22. The average molecular weight is 341 g/mol. The largest absolute Gasteiger partial charge is 0.493 e. The smallest absolute Gasteiger partial charge is 0.165 e. The van der Waals surface area contributed by atoms with Crippen molar-refractivity contribution in [2.45, 2.75) is 32.6 Å². The molecule has 138 valence electrons. The molecule has 1 aromatic rings. The highest BCUT2D eigenvalue weighted by atomic mass is 16.5. The number of aliphatic hydroxyl groups excluding tert-OH is 1. The Bertz CT molecular complexity index is 467. The lowest BCUT2D eigenvalue weighted by atomic mass is 10.1. The van der Waals surface area contributed by atoms with Gasteiger partial charge in [-0.05, 0) is 19.9 Å². The molecule has 1 unspecified atom stereocenters. The Kier molecular flexibility index (Phi) is 9.71. The molecule has 24 heavy (non-hydrogen) atoms. The summed E-state index contributed by atoms with van der Waals surface area (Å²) in [7, 11) is 4.92. The molecule has 1 atom stereocenters. The predicted octanol–water partition coefficient (Wildman–Crippen LogP) is 1.94. The minimum atomic E-state index is -0.555. The van der Waals surface area contributed by atoms with E-state index in [0.717, 1.165) is 11.3 Å². The van der Waals surface area contributed by atoms with Crippen LogP contribution in [0.2, 0.25) is 0 Å². The number of ether oxygens (including phenoxy) is 4. The Balaban J connectivity index is 2.78. The van der Waals surface area contributed by atoms with Crippen LogP contribution in [0.4, 0.5) is 0 Å². The third-order valence-corrected chi connectivity index (χ3v) is 3.58. The number of benzene rings is 1. The summed E-state index contributed by atoms with van der Waals surface area (Å²) in [6, 6.07) is 5.80. The van der Waals surface area contributed by atoms with Gasteiger partial charge in [-0.2, -0.15) is 0 Å². The molecular formula is C18H31NO5. The van der Waals surface area contributed by atoms with Crippen molar-refractivity contribution in [2.75, 3.05) is 47.6 Å². The molecule has 0 heterocycles. The molecule has 0 aliphatic carbocycles. The van der Waals surface area contributed by atoms with Gasteiger partial charge in [-0.1, -0.05) is 12.1 Å². The number of hydrogen-bond acceptors (Lipinski definition) is 6. The maximum atomic E-state index is 10.2. The van der Waals surface area contributed by atoms with Crippen molar-refractivity contribution in [1.82, 2.24) is 4.90 Å². The summed E-state index contributed by atoms with van der Waals surface area (Å²) >= 11 is 0. The first-order chi connectivity index (χ1) is 11.5. The molecule has 0 spiro atoms. The fourth-order valence-corrected chi connectivity index (χ4v) is 2.43. The lowest BCUT2D eigenvalue weighted by Crippen LogP contribution is -2.37. The van der Waals surface area contributed by atoms with Gasteiger partial charge in [0.25, 0.3) is 0 Å². The summed E-state index contributed by atoms with van der Waals surface area (Å²) in [6.07, 6.45) is -0.452. The van der Waals surface area contributed by atoms with Gasteiger partial charge in [0.05, 0.1) is 39.6 Å². The molecule has 6 nitrogen and oxygen atoms in total. The predicted molar refractivity (Wildman–Crippen MR) is 93.8 cm³/mol. The monoisotopic (exact) mass is 341 g/mol. The van der Waals surface area contributed by atoms with Crippen LogP contribution >= 0.6 is 0 Å². The zero-order chi connectivity index (χ0) is 17.9. The molecule has 0 aliphatic heterocycles. The highest BCUT2D eigenvalue weighted by Crippen LogP contribution is 2.31. The molecule has 0 aromatic heterocycles. The fourth-order valence-electron chi connectivity index (χ4n) is 2.43. The lowest BCUT2D eigenvalue weighted by molar-refractivity contribution is -0.0122. The highest BCUT2D eigenvalue weighted by molar-refractivity contribution is 5.46. The molecule has 0 amide bonds. The van der Waals surface area contributed by atoms with Crippen LogP contribution in [-0.2, 0) is 16.0 Å². The first kappa shape index (κ1) is 20.7. The lowest BCUT2D eigenvalue weighted by Gasteiger charge is -2.26. The van der Waals surface area contributed by atoms with Crippen LogP contribution in [0.3, 0.4) is 0 Å². The Morgan fingerprint density at radius 1 is 1.12 bits per heavy atom. The molecular weight excluding hydrogens is 310 g/mol. The standard InChI is InChI=1S/C18H31NO5/c1-14(2)24-13-16(20)12-19(9-10-21-3)11-15-7-6-8-17(22-4)18(15)23-5/h6-8,14,16,20H,9-13H2,1-5H3. The Morgan fingerprint density at radius 2 is 1.88 bits per heavy atom. The maximum absolute atomic E-state index is 10.2. The van der Waals surface area contributed by atoms with E-state index in [1.807, 2.05) is 32.0 Å². The fraction of sp³-hybridized carbons (Fsp3) is 0.667. The Morgan fingerprint density at radius 3 is 2.46 bits per heavy atom. The summed E-state index contributed by atoms with van der Waals surface area (Å²) in [5, 5.41) is 10.2. The second kappa shape index (κ2) is 11.3. The number of methoxy groups -OCH3 is 3. The van der Waals surface area contributed by atoms with E-state index in [1.165, 1.54) is 0 Å². The van der Waals surface area contributed by atoms with Crippen molar-refractivity contribution < 1.29 is 24.1 Å². The van der Waals surface area contributed by atoms with E-state index in [-0.39, 0.29) is 6.10 Å². The zero-order valence-corrected chi connectivity index (χ0v) is 15.4. The molecule has 1 N–H and O–H groups in total. The van der Waals surface area contributed by atoms with Gasteiger partial charge in [0.1, 0.15) is 0 Å². The second-order valence-corrected chi connectivity index (χ2v) is 5.92. The molecule has 1 rings (SSSR count). The van der Waals surface area contributed by atoms with Crippen LogP contribution in [-0.4, -0.2) is 69.8 Å². The molecule has 0 radical (unpaired) electrons. The topological polar surface area (TPSA) is 60.4 Å². The zero-order valence-electron chi connectivity index (χ0n) is 15.4. The summed E-state index contributed by atoms with van der Waals surface area (Å²) in [5.41, 5.74) is 1.00. The van der Waals surface area contributed by atoms with E-state index in [1.54, 1.807) is 21.3 Å². The first-order valence-electron chi connectivity index (χ1n) is 8.22. The third-order valence-electron chi connectivity index (χ3n) is 3.58. The SMILES string of the molecule is COCCN(Cc1cccc(OC)c1OC)CC(O)COC(C)C. The Labute approximate surface area is 145 Å². The minimum absolute atomic E-state index is 0.102. The number of aliphatic hydroxyl groups is 1. The van der Waals surface area contributed by atoms with Crippen LogP contribution < -0.4 is 9.47 Å². The van der Waals surface area contributed by atoms with Gasteiger partial charge in [0, 0.05) is 32.3 Å². The average Bonchev–Trinajstić information content (AvgIpc) is 2.57. The van der Waals surface area contributed by atoms with E-state index in [2.05, 4.69) is 4.90 Å². The van der Waals surface area contributed by atoms with Gasteiger partial charge in [0.15, 0.2) is 11.5 Å². The van der Waals surface area contributed by atoms with Gasteiger partial charge in [-0.25, -0.2) is 0 Å². The van der Waals surface area contributed by atoms with Crippen LogP contribution in [0.1, 0.15) is 19.4 Å². The quantitative estimate of drug-likeness (QED) is 0.627. The van der Waals surface area contributed by atoms with Gasteiger partial charge in [-0.15, -0.1) is 0 Å². The van der Waals surface area contributed by atoms with E-state index >= 15 is 0 Å². The van der Waals surface area contributed by atoms with Crippen molar-refractivity contribution in [3.05, 3.63) is 23.8 Å². The number of hydrogen-bond donors (Lipinski definition) is 1. The van der Waals surface area contributed by atoms with Crippen molar-refractivity contribution in [2.24, 2.45) is 0 Å². The van der Waals surface area contributed by atoms with Crippen LogP contribution in [0.15, 0.2) is 18.2 Å². The number of rotatable bonds is 12. The molecule has 6 heteroatoms. The van der Waals surface area contributed by atoms with Gasteiger partial charge < -0.3 is 24.1 Å². The molecule has 0 aliphatic rings. The van der Waals surface area contributed by atoms with Crippen LogP contribution in [0.5, 0.6) is 11.5 Å². The van der Waals surface area contributed by atoms with E-state index < -0.39 is 6.10 Å². The van der Waals surface area contributed by atoms with Gasteiger partial charge in [-0.3, -0.25) is 4.90 Å². The molecule has 0 fully saturated rings. The third kappa shape index (κ3) is 7.05. The molecule has 0 saturated heterocycles. The number of nitrogens with zero attached hydrogens (tertiary/aromatic N) is 1. The van der Waals surface area contributed by atoms with E-state index in [4.69, 9.17) is 18.9 Å². The van der Waals surface area contributed by atoms with Crippen LogP contribution in [0.25, 0.3) is 0 Å². The summed E-state index contributed by atoms with van der Waals surface area (Å²) in [6.45, 7) is 6.64. The highest BCUT2D eigenvalue weighted by Gasteiger charge is 2.17. The maximum Gasteiger partial charge on any atom is 0.165 e. The number of para-hydroxylation sites is 1.